The van der Waals surface area contributed by atoms with Crippen molar-refractivity contribution >= 4 is 31.6 Å². The average molecular weight is 376 g/mol. The van der Waals surface area contributed by atoms with Gasteiger partial charge in [0.05, 0.1) is 4.90 Å². The molecule has 1 fully saturated rings. The van der Waals surface area contributed by atoms with Gasteiger partial charge in [-0.3, -0.25) is 0 Å². The molecule has 0 spiro atoms. The summed E-state index contributed by atoms with van der Waals surface area (Å²) in [4.78, 5) is 2.58. The number of rotatable bonds is 4. The number of hydrogen-bond acceptors (Lipinski definition) is 4. The number of likely N-dealkylation sites (tertiary alicyclic amines) is 1. The van der Waals surface area contributed by atoms with Gasteiger partial charge in [0, 0.05) is 22.7 Å². The third kappa shape index (κ3) is 4.67. The molecule has 1 aromatic carbocycles. The van der Waals surface area contributed by atoms with Crippen molar-refractivity contribution in [2.24, 2.45) is 5.14 Å². The van der Waals surface area contributed by atoms with Gasteiger partial charge in [0.15, 0.2) is 0 Å². The number of nitrogens with zero attached hydrogens (tertiary/aromatic N) is 1. The van der Waals surface area contributed by atoms with Gasteiger partial charge >= 0.3 is 0 Å². The van der Waals surface area contributed by atoms with Gasteiger partial charge in [-0.15, -0.1) is 0 Å². The Morgan fingerprint density at radius 2 is 2.14 bits per heavy atom. The lowest BCUT2D eigenvalue weighted by atomic mass is 10.1. The molecule has 7 heteroatoms. The first-order chi connectivity index (χ1) is 9.90. The van der Waals surface area contributed by atoms with Crippen molar-refractivity contribution in [3.63, 3.8) is 0 Å². The van der Waals surface area contributed by atoms with Crippen molar-refractivity contribution in [2.45, 2.75) is 37.1 Å². The lowest BCUT2D eigenvalue weighted by Gasteiger charge is -2.20. The highest BCUT2D eigenvalue weighted by molar-refractivity contribution is 9.10. The van der Waals surface area contributed by atoms with Crippen LogP contribution in [0.1, 0.15) is 26.2 Å². The molecular weight excluding hydrogens is 354 g/mol. The summed E-state index contributed by atoms with van der Waals surface area (Å²) in [6.07, 6.45) is 3.40. The summed E-state index contributed by atoms with van der Waals surface area (Å²) in [7, 11) is -3.66. The second-order valence-corrected chi connectivity index (χ2v) is 7.81. The number of nitrogens with two attached hydrogens (primary N) is 1. The molecule has 1 unspecified atom stereocenters. The van der Waals surface area contributed by atoms with Crippen molar-refractivity contribution < 1.29 is 8.42 Å². The summed E-state index contributed by atoms with van der Waals surface area (Å²) >= 11 is 3.42. The van der Waals surface area contributed by atoms with Crippen LogP contribution in [-0.4, -0.2) is 39.0 Å². The number of hydrogen-bond donors (Lipinski definition) is 2. The lowest BCUT2D eigenvalue weighted by molar-refractivity contribution is 0.300. The molecule has 118 valence electrons. The van der Waals surface area contributed by atoms with E-state index in [0.29, 0.717) is 6.04 Å². The normalized spacial score (nSPS) is 21.0. The fraction of sp³-hybridized carbons (Fsp3) is 0.571. The van der Waals surface area contributed by atoms with Crippen molar-refractivity contribution in [3.05, 3.63) is 22.7 Å². The Bertz CT molecular complexity index is 592. The highest BCUT2D eigenvalue weighted by Gasteiger charge is 2.17. The summed E-state index contributed by atoms with van der Waals surface area (Å²) in [5.74, 6) is 0. The Balaban J connectivity index is 2.06. The number of halogens is 1. The molecule has 3 N–H and O–H groups in total. The fourth-order valence-electron chi connectivity index (χ4n) is 2.63. The van der Waals surface area contributed by atoms with E-state index in [1.807, 2.05) is 0 Å². The van der Waals surface area contributed by atoms with E-state index in [1.54, 1.807) is 12.1 Å². The largest absolute Gasteiger partial charge is 0.381 e. The zero-order valence-electron chi connectivity index (χ0n) is 12.2. The minimum absolute atomic E-state index is 0.123. The number of nitrogens with one attached hydrogen (secondary N) is 1. The molecule has 1 heterocycles. The summed E-state index contributed by atoms with van der Waals surface area (Å²) in [5, 5.41) is 8.64. The highest BCUT2D eigenvalue weighted by atomic mass is 79.9. The molecule has 21 heavy (non-hydrogen) atoms. The van der Waals surface area contributed by atoms with Crippen LogP contribution in [0.5, 0.6) is 0 Å². The molecule has 2 rings (SSSR count). The van der Waals surface area contributed by atoms with Crippen LogP contribution in [0.4, 0.5) is 5.69 Å². The van der Waals surface area contributed by atoms with Crippen molar-refractivity contribution in [3.8, 4) is 0 Å². The maximum absolute atomic E-state index is 11.3. The second-order valence-electron chi connectivity index (χ2n) is 5.39. The zero-order valence-corrected chi connectivity index (χ0v) is 14.6. The first-order valence-corrected chi connectivity index (χ1v) is 9.55. The number of benzene rings is 1. The third-order valence-electron chi connectivity index (χ3n) is 3.90. The quantitative estimate of drug-likeness (QED) is 0.846. The molecule has 5 nitrogen and oxygen atoms in total. The predicted octanol–water partition coefficient (Wildman–Crippen LogP) is 2.38. The van der Waals surface area contributed by atoms with Gasteiger partial charge in [-0.25, -0.2) is 13.6 Å². The van der Waals surface area contributed by atoms with Crippen LogP contribution in [-0.2, 0) is 10.0 Å². The third-order valence-corrected chi connectivity index (χ3v) is 5.46. The van der Waals surface area contributed by atoms with Gasteiger partial charge in [-0.05, 0) is 66.5 Å². The summed E-state index contributed by atoms with van der Waals surface area (Å²) < 4.78 is 23.4. The van der Waals surface area contributed by atoms with Crippen molar-refractivity contribution in [1.29, 1.82) is 0 Å². The molecule has 0 bridgehead atoms. The van der Waals surface area contributed by atoms with E-state index in [4.69, 9.17) is 5.14 Å². The van der Waals surface area contributed by atoms with Crippen LogP contribution in [0.2, 0.25) is 0 Å². The van der Waals surface area contributed by atoms with Crippen LogP contribution in [0, 0.1) is 0 Å². The Morgan fingerprint density at radius 1 is 1.38 bits per heavy atom. The maximum atomic E-state index is 11.3. The van der Waals surface area contributed by atoms with Gasteiger partial charge in [0.2, 0.25) is 10.0 Å². The average Bonchev–Trinajstić information content (AvgIpc) is 2.65. The van der Waals surface area contributed by atoms with Crippen molar-refractivity contribution in [2.75, 3.05) is 25.0 Å². The molecule has 0 amide bonds. The van der Waals surface area contributed by atoms with E-state index >= 15 is 0 Å². The lowest BCUT2D eigenvalue weighted by Crippen LogP contribution is -2.26. The molecule has 1 aliphatic heterocycles. The molecule has 1 aliphatic rings. The van der Waals surface area contributed by atoms with Gasteiger partial charge in [0.25, 0.3) is 0 Å². The predicted molar refractivity (Wildman–Crippen MR) is 88.9 cm³/mol. The van der Waals surface area contributed by atoms with E-state index in [1.165, 1.54) is 12.5 Å². The first-order valence-electron chi connectivity index (χ1n) is 7.21. The van der Waals surface area contributed by atoms with E-state index in [-0.39, 0.29) is 4.90 Å². The summed E-state index contributed by atoms with van der Waals surface area (Å²) in [6, 6.07) is 5.27. The molecule has 0 aromatic heterocycles. The minimum atomic E-state index is -3.66. The Kier molecular flexibility index (Phi) is 5.65. The smallest absolute Gasteiger partial charge is 0.238 e. The summed E-state index contributed by atoms with van der Waals surface area (Å²) in [5.41, 5.74) is 0.914. The Hall–Kier alpha value is -0.630. The topological polar surface area (TPSA) is 75.4 Å². The fourth-order valence-corrected chi connectivity index (χ4v) is 3.81. The monoisotopic (exact) mass is 375 g/mol. The first kappa shape index (κ1) is 16.7. The summed E-state index contributed by atoms with van der Waals surface area (Å²) in [6.45, 7) is 5.54. The standard InChI is InChI=1S/C14H22BrN3O2S/c1-2-18-8-3-4-11(7-9-18)17-14-6-5-12(10-13(14)15)21(16,19)20/h5-6,10-11,17H,2-4,7-9H2,1H3,(H2,16,19,20). The molecule has 0 aliphatic carbocycles. The molecule has 1 saturated heterocycles. The SMILES string of the molecule is CCN1CCCC(Nc2ccc(S(N)(=O)=O)cc2Br)CC1. The van der Waals surface area contributed by atoms with Gasteiger partial charge in [-0.1, -0.05) is 6.92 Å². The van der Waals surface area contributed by atoms with Crippen LogP contribution >= 0.6 is 15.9 Å². The van der Waals surface area contributed by atoms with Crippen LogP contribution in [0.3, 0.4) is 0 Å². The van der Waals surface area contributed by atoms with Gasteiger partial charge < -0.3 is 10.2 Å². The second kappa shape index (κ2) is 7.09. The van der Waals surface area contributed by atoms with Crippen LogP contribution in [0.15, 0.2) is 27.6 Å². The van der Waals surface area contributed by atoms with E-state index < -0.39 is 10.0 Å². The molecule has 0 saturated carbocycles. The Morgan fingerprint density at radius 3 is 2.76 bits per heavy atom. The van der Waals surface area contributed by atoms with Crippen LogP contribution in [0.25, 0.3) is 0 Å². The maximum Gasteiger partial charge on any atom is 0.238 e. The molecular formula is C14H22BrN3O2S. The number of sulfonamides is 1. The Labute approximate surface area is 135 Å². The van der Waals surface area contributed by atoms with Gasteiger partial charge in [-0.2, -0.15) is 0 Å². The number of anilines is 1. The molecule has 0 radical (unpaired) electrons. The van der Waals surface area contributed by atoms with E-state index in [0.717, 1.165) is 42.6 Å². The van der Waals surface area contributed by atoms with E-state index in [9.17, 15) is 8.42 Å². The van der Waals surface area contributed by atoms with Crippen LogP contribution < -0.4 is 10.5 Å². The molecule has 1 atom stereocenters. The number of primary sulfonamides is 1. The van der Waals surface area contributed by atoms with Gasteiger partial charge in [0.1, 0.15) is 0 Å². The zero-order chi connectivity index (χ0) is 15.5. The molecule has 1 aromatic rings. The minimum Gasteiger partial charge on any atom is -0.381 e. The highest BCUT2D eigenvalue weighted by Crippen LogP contribution is 2.27. The van der Waals surface area contributed by atoms with E-state index in [2.05, 4.69) is 33.1 Å². The van der Waals surface area contributed by atoms with Crippen molar-refractivity contribution in [1.82, 2.24) is 4.90 Å².